The Morgan fingerprint density at radius 2 is 1.44 bits per heavy atom. The van der Waals surface area contributed by atoms with Crippen molar-refractivity contribution in [2.24, 2.45) is 5.18 Å². The van der Waals surface area contributed by atoms with Crippen molar-refractivity contribution in [2.75, 3.05) is 6.61 Å². The molecule has 8 nitrogen and oxygen atoms in total. The molecule has 0 radical (unpaired) electrons. The molecule has 0 spiro atoms. The van der Waals surface area contributed by atoms with E-state index in [0.29, 0.717) is 16.5 Å². The number of nitriles is 2. The molecule has 13 heteroatoms. The SMILES string of the molecule is N#Cc1cccc(C#N)c1-c1c(-c2cccc(-c3c(F)cc(OCC(=O)N=O)cc3F)c2)n([S+]([O-])c2ccc(C(F)F)cc2)c2ccccc12. The van der Waals surface area contributed by atoms with Crippen molar-refractivity contribution in [3.05, 3.63) is 136 Å². The quantitative estimate of drug-likeness (QED) is 0.0845. The van der Waals surface area contributed by atoms with Crippen molar-refractivity contribution in [1.29, 1.82) is 10.5 Å². The maximum absolute atomic E-state index is 15.5. The number of rotatable bonds is 9. The number of amides is 1. The summed E-state index contributed by atoms with van der Waals surface area (Å²) < 4.78 is 78.6. The maximum atomic E-state index is 15.5. The number of aromatic nitrogens is 1. The summed E-state index contributed by atoms with van der Waals surface area (Å²) in [5.41, 5.74) is 1.02. The number of nitroso groups, excluding NO2 is 1. The third kappa shape index (κ3) is 6.19. The summed E-state index contributed by atoms with van der Waals surface area (Å²) in [7, 11) is 0. The fraction of sp³-hybridized carbons (Fsp3) is 0.0541. The van der Waals surface area contributed by atoms with E-state index in [0.717, 1.165) is 24.3 Å². The molecule has 1 unspecified atom stereocenters. The van der Waals surface area contributed by atoms with Crippen LogP contribution in [-0.2, 0) is 16.2 Å². The molecule has 1 aromatic heterocycles. The highest BCUT2D eigenvalue weighted by atomic mass is 32.2. The highest BCUT2D eigenvalue weighted by Crippen LogP contribution is 2.46. The number of hydrogen-bond donors (Lipinski definition) is 0. The summed E-state index contributed by atoms with van der Waals surface area (Å²) in [4.78, 5) is 21.7. The fourth-order valence-corrected chi connectivity index (χ4v) is 6.92. The van der Waals surface area contributed by atoms with Gasteiger partial charge in [0.25, 0.3) is 6.43 Å². The summed E-state index contributed by atoms with van der Waals surface area (Å²) in [6.45, 7) is -0.818. The van der Waals surface area contributed by atoms with Crippen LogP contribution >= 0.6 is 0 Å². The minimum Gasteiger partial charge on any atom is -0.587 e. The number of halogens is 4. The first-order chi connectivity index (χ1) is 24.2. The van der Waals surface area contributed by atoms with Gasteiger partial charge in [0.2, 0.25) is 0 Å². The summed E-state index contributed by atoms with van der Waals surface area (Å²) in [5, 5.41) is 22.9. The van der Waals surface area contributed by atoms with E-state index >= 15 is 8.78 Å². The number of ether oxygens (including phenoxy) is 1. The smallest absolute Gasteiger partial charge is 0.323 e. The van der Waals surface area contributed by atoms with E-state index < -0.39 is 47.5 Å². The van der Waals surface area contributed by atoms with Crippen LogP contribution < -0.4 is 4.74 Å². The number of alkyl halides is 2. The lowest BCUT2D eigenvalue weighted by Gasteiger charge is -2.17. The van der Waals surface area contributed by atoms with E-state index in [1.54, 1.807) is 36.4 Å². The van der Waals surface area contributed by atoms with Gasteiger partial charge in [-0.25, -0.2) is 17.6 Å². The first kappa shape index (κ1) is 33.6. The number of fused-ring (bicyclic) bond motifs is 1. The number of nitrogens with zero attached hydrogens (tertiary/aromatic N) is 4. The van der Waals surface area contributed by atoms with Gasteiger partial charge in [-0.3, -0.25) is 4.79 Å². The Kier molecular flexibility index (Phi) is 9.45. The minimum absolute atomic E-state index is 0.0404. The van der Waals surface area contributed by atoms with Gasteiger partial charge in [-0.05, 0) is 54.1 Å². The highest BCUT2D eigenvalue weighted by molar-refractivity contribution is 7.90. The molecule has 5 aromatic carbocycles. The van der Waals surface area contributed by atoms with E-state index in [1.165, 1.54) is 46.4 Å². The molecule has 0 N–H and O–H groups in total. The van der Waals surface area contributed by atoms with E-state index in [1.807, 2.05) is 0 Å². The molecule has 0 aliphatic heterocycles. The molecule has 0 bridgehead atoms. The molecular formula is C37H20F4N4O4S. The Morgan fingerprint density at radius 1 is 0.820 bits per heavy atom. The summed E-state index contributed by atoms with van der Waals surface area (Å²) in [5.74, 6) is -3.65. The third-order valence-electron chi connectivity index (χ3n) is 7.79. The maximum Gasteiger partial charge on any atom is 0.323 e. The van der Waals surface area contributed by atoms with Gasteiger partial charge < -0.3 is 9.29 Å². The van der Waals surface area contributed by atoms with Crippen LogP contribution in [0.15, 0.2) is 113 Å². The van der Waals surface area contributed by atoms with Gasteiger partial charge >= 0.3 is 5.91 Å². The molecule has 1 amide bonds. The van der Waals surface area contributed by atoms with Crippen molar-refractivity contribution < 1.29 is 31.6 Å². The van der Waals surface area contributed by atoms with Crippen LogP contribution in [-0.4, -0.2) is 21.0 Å². The molecule has 246 valence electrons. The molecule has 1 heterocycles. The minimum atomic E-state index is -2.75. The molecular weight excluding hydrogens is 672 g/mol. The lowest BCUT2D eigenvalue weighted by molar-refractivity contribution is -0.119. The Balaban J connectivity index is 1.63. The first-order valence-corrected chi connectivity index (χ1v) is 15.7. The zero-order chi connectivity index (χ0) is 35.5. The highest BCUT2D eigenvalue weighted by Gasteiger charge is 2.31. The summed E-state index contributed by atoms with van der Waals surface area (Å²) in [6, 6.07) is 28.2. The van der Waals surface area contributed by atoms with Gasteiger partial charge in [0.05, 0.1) is 34.3 Å². The average molecular weight is 693 g/mol. The fourth-order valence-electron chi connectivity index (χ4n) is 5.64. The molecule has 6 rings (SSSR count). The van der Waals surface area contributed by atoms with E-state index in [-0.39, 0.29) is 49.7 Å². The topological polar surface area (TPSA) is 131 Å². The number of hydrogen-bond acceptors (Lipinski definition) is 6. The van der Waals surface area contributed by atoms with Gasteiger partial charge in [-0.15, -0.1) is 4.91 Å². The number of para-hydroxylation sites is 1. The first-order valence-electron chi connectivity index (χ1n) is 14.6. The molecule has 0 aliphatic carbocycles. The number of carbonyl (C=O) groups is 1. The lowest BCUT2D eigenvalue weighted by atomic mass is 9.90. The van der Waals surface area contributed by atoms with Gasteiger partial charge in [0.1, 0.15) is 34.4 Å². The average Bonchev–Trinajstić information content (AvgIpc) is 3.47. The van der Waals surface area contributed by atoms with Crippen molar-refractivity contribution in [3.63, 3.8) is 0 Å². The van der Waals surface area contributed by atoms with Crippen LogP contribution in [0.2, 0.25) is 0 Å². The van der Waals surface area contributed by atoms with Crippen molar-refractivity contribution in [2.45, 2.75) is 11.3 Å². The molecule has 1 atom stereocenters. The predicted octanol–water partition coefficient (Wildman–Crippen LogP) is 8.84. The van der Waals surface area contributed by atoms with Crippen LogP contribution in [0.25, 0.3) is 44.4 Å². The van der Waals surface area contributed by atoms with Crippen LogP contribution in [0.3, 0.4) is 0 Å². The predicted molar refractivity (Wildman–Crippen MR) is 177 cm³/mol. The molecule has 0 fully saturated rings. The summed E-state index contributed by atoms with van der Waals surface area (Å²) in [6.07, 6.45) is -2.75. The third-order valence-corrected chi connectivity index (χ3v) is 9.18. The van der Waals surface area contributed by atoms with Gasteiger partial charge in [0, 0.05) is 44.9 Å². The molecule has 50 heavy (non-hydrogen) atoms. The molecule has 0 saturated heterocycles. The Morgan fingerprint density at radius 3 is 2.06 bits per heavy atom. The lowest BCUT2D eigenvalue weighted by Crippen LogP contribution is -2.14. The number of carbonyl (C=O) groups excluding carboxylic acids is 1. The molecule has 6 aromatic rings. The van der Waals surface area contributed by atoms with Crippen LogP contribution in [0.1, 0.15) is 23.1 Å². The van der Waals surface area contributed by atoms with Crippen LogP contribution in [0.5, 0.6) is 5.75 Å². The van der Waals surface area contributed by atoms with E-state index in [4.69, 9.17) is 4.74 Å². The second kappa shape index (κ2) is 14.1. The zero-order valence-electron chi connectivity index (χ0n) is 25.4. The van der Waals surface area contributed by atoms with Crippen molar-refractivity contribution >= 4 is 28.2 Å². The largest absolute Gasteiger partial charge is 0.587 e. The Bertz CT molecular complexity index is 2330. The standard InChI is InChI=1S/C37H20F4N4O4S/c38-29-16-26(49-20-32(46)44-47)17-30(39)34(29)22-5-3-6-23(15-22)36-35(33-24(18-42)7-4-8-25(33)19-43)28-9-1-2-10-31(28)45(36)50(48)27-13-11-21(12-14-27)37(40)41/h1-17,37H,20H2. The molecule has 0 saturated carbocycles. The van der Waals surface area contributed by atoms with Crippen LogP contribution in [0.4, 0.5) is 17.6 Å². The Labute approximate surface area is 284 Å². The van der Waals surface area contributed by atoms with Crippen molar-refractivity contribution in [1.82, 2.24) is 3.97 Å². The van der Waals surface area contributed by atoms with E-state index in [2.05, 4.69) is 17.3 Å². The zero-order valence-corrected chi connectivity index (χ0v) is 26.3. The monoisotopic (exact) mass is 692 g/mol. The van der Waals surface area contributed by atoms with Crippen molar-refractivity contribution in [3.8, 4) is 51.4 Å². The number of benzene rings is 5. The second-order valence-electron chi connectivity index (χ2n) is 10.7. The summed E-state index contributed by atoms with van der Waals surface area (Å²) >= 11 is -2.11. The van der Waals surface area contributed by atoms with Crippen LogP contribution in [0, 0.1) is 39.2 Å². The second-order valence-corrected chi connectivity index (χ2v) is 12.1. The van der Waals surface area contributed by atoms with Gasteiger partial charge in [-0.1, -0.05) is 42.5 Å². The molecule has 0 aliphatic rings. The Hall–Kier alpha value is -6.28. The van der Waals surface area contributed by atoms with Gasteiger partial charge in [-0.2, -0.15) is 14.5 Å². The van der Waals surface area contributed by atoms with Gasteiger partial charge in [0.15, 0.2) is 11.5 Å². The normalized spacial score (nSPS) is 11.6. The van der Waals surface area contributed by atoms with E-state index in [9.17, 15) is 33.6 Å².